The highest BCUT2D eigenvalue weighted by Crippen LogP contribution is 2.34. The Hall–Kier alpha value is -0.690. The molecule has 1 unspecified atom stereocenters. The molecule has 0 radical (unpaired) electrons. The Morgan fingerprint density at radius 3 is 2.67 bits per heavy atom. The average Bonchev–Trinajstić information content (AvgIpc) is 2.48. The SMILES string of the molecule is O=S(=O)(c1ccccc1N1CCCCC1CCBr)C(F)F. The number of hydrogen-bond donors (Lipinski definition) is 0. The highest BCUT2D eigenvalue weighted by Gasteiger charge is 2.32. The van der Waals surface area contributed by atoms with Crippen molar-refractivity contribution >= 4 is 31.5 Å². The molecule has 0 bridgehead atoms. The van der Waals surface area contributed by atoms with Crippen molar-refractivity contribution in [3.05, 3.63) is 24.3 Å². The van der Waals surface area contributed by atoms with Gasteiger partial charge >= 0.3 is 5.76 Å². The van der Waals surface area contributed by atoms with Crippen molar-refractivity contribution in [3.63, 3.8) is 0 Å². The predicted octanol–water partition coefficient (Wildman–Crippen LogP) is 3.83. The molecule has 0 N–H and O–H groups in total. The lowest BCUT2D eigenvalue weighted by Gasteiger charge is -2.38. The van der Waals surface area contributed by atoms with E-state index in [1.807, 2.05) is 4.90 Å². The monoisotopic (exact) mass is 381 g/mol. The molecule has 7 heteroatoms. The number of sulfone groups is 1. The minimum absolute atomic E-state index is 0.187. The van der Waals surface area contributed by atoms with Crippen LogP contribution < -0.4 is 4.90 Å². The summed E-state index contributed by atoms with van der Waals surface area (Å²) in [5, 5.41) is 0.804. The van der Waals surface area contributed by atoms with Gasteiger partial charge in [0, 0.05) is 17.9 Å². The van der Waals surface area contributed by atoms with Gasteiger partial charge in [-0.3, -0.25) is 0 Å². The van der Waals surface area contributed by atoms with Crippen LogP contribution in [0.25, 0.3) is 0 Å². The van der Waals surface area contributed by atoms with E-state index in [0.717, 1.165) is 31.0 Å². The molecule has 0 spiro atoms. The Kier molecular flexibility index (Phi) is 5.60. The van der Waals surface area contributed by atoms with E-state index in [4.69, 9.17) is 0 Å². The predicted molar refractivity (Wildman–Crippen MR) is 83.0 cm³/mol. The third kappa shape index (κ3) is 3.56. The van der Waals surface area contributed by atoms with Gasteiger partial charge in [-0.2, -0.15) is 8.78 Å². The smallest absolute Gasteiger partial charge is 0.341 e. The molecule has 118 valence electrons. The van der Waals surface area contributed by atoms with Crippen LogP contribution in [0.1, 0.15) is 25.7 Å². The third-order valence-corrected chi connectivity index (χ3v) is 5.67. The van der Waals surface area contributed by atoms with Crippen LogP contribution in [0.15, 0.2) is 29.2 Å². The summed E-state index contributed by atoms with van der Waals surface area (Å²) >= 11 is 3.40. The summed E-state index contributed by atoms with van der Waals surface area (Å²) in [6, 6.07) is 6.27. The fraction of sp³-hybridized carbons (Fsp3) is 0.571. The number of piperidine rings is 1. The topological polar surface area (TPSA) is 37.4 Å². The largest absolute Gasteiger partial charge is 0.367 e. The molecule has 0 aromatic heterocycles. The van der Waals surface area contributed by atoms with Crippen molar-refractivity contribution < 1.29 is 17.2 Å². The lowest BCUT2D eigenvalue weighted by molar-refractivity contribution is 0.234. The Balaban J connectivity index is 2.44. The van der Waals surface area contributed by atoms with E-state index in [9.17, 15) is 17.2 Å². The van der Waals surface area contributed by atoms with E-state index in [2.05, 4.69) is 15.9 Å². The zero-order valence-corrected chi connectivity index (χ0v) is 13.9. The molecule has 21 heavy (non-hydrogen) atoms. The van der Waals surface area contributed by atoms with Crippen molar-refractivity contribution in [1.82, 2.24) is 0 Å². The molecule has 1 heterocycles. The zero-order valence-electron chi connectivity index (χ0n) is 11.5. The maximum absolute atomic E-state index is 12.9. The maximum Gasteiger partial charge on any atom is 0.341 e. The van der Waals surface area contributed by atoms with Gasteiger partial charge in [0.15, 0.2) is 0 Å². The van der Waals surface area contributed by atoms with Crippen LogP contribution in [0.2, 0.25) is 0 Å². The minimum atomic E-state index is -4.58. The van der Waals surface area contributed by atoms with Crippen LogP contribution in [0.5, 0.6) is 0 Å². The van der Waals surface area contributed by atoms with Crippen LogP contribution in [0.3, 0.4) is 0 Å². The number of alkyl halides is 3. The van der Waals surface area contributed by atoms with Gasteiger partial charge in [-0.15, -0.1) is 0 Å². The summed E-state index contributed by atoms with van der Waals surface area (Å²) in [5.74, 6) is -3.39. The fourth-order valence-electron chi connectivity index (χ4n) is 2.77. The van der Waals surface area contributed by atoms with E-state index in [1.54, 1.807) is 12.1 Å². The molecule has 2 rings (SSSR count). The maximum atomic E-state index is 12.9. The first kappa shape index (κ1) is 16.7. The molecule has 0 saturated carbocycles. The summed E-state index contributed by atoms with van der Waals surface area (Å²) in [4.78, 5) is 1.71. The first-order chi connectivity index (χ1) is 9.98. The molecule has 1 aromatic carbocycles. The standard InChI is InChI=1S/C14H18BrF2NO2S/c15-9-8-11-5-3-4-10-18(11)12-6-1-2-7-13(12)21(19,20)14(16)17/h1-2,6-7,11,14H,3-5,8-10H2. The Morgan fingerprint density at radius 2 is 2.00 bits per heavy atom. The van der Waals surface area contributed by atoms with Gasteiger partial charge in [-0.25, -0.2) is 8.42 Å². The molecule has 1 aliphatic heterocycles. The summed E-state index contributed by atoms with van der Waals surface area (Å²) in [6.07, 6.45) is 3.84. The fourth-order valence-corrected chi connectivity index (χ4v) is 4.24. The highest BCUT2D eigenvalue weighted by molar-refractivity contribution is 9.09. The molecule has 1 saturated heterocycles. The molecule has 1 fully saturated rings. The molecule has 1 aromatic rings. The van der Waals surface area contributed by atoms with Crippen molar-refractivity contribution in [2.24, 2.45) is 0 Å². The second-order valence-corrected chi connectivity index (χ2v) is 7.77. The number of para-hydroxylation sites is 1. The van der Waals surface area contributed by atoms with Crippen molar-refractivity contribution in [2.45, 2.75) is 42.4 Å². The molecule has 3 nitrogen and oxygen atoms in total. The number of hydrogen-bond acceptors (Lipinski definition) is 3. The van der Waals surface area contributed by atoms with E-state index < -0.39 is 15.6 Å². The zero-order chi connectivity index (χ0) is 15.5. The van der Waals surface area contributed by atoms with Crippen molar-refractivity contribution in [1.29, 1.82) is 0 Å². The lowest BCUT2D eigenvalue weighted by Crippen LogP contribution is -2.40. The van der Waals surface area contributed by atoms with Crippen LogP contribution >= 0.6 is 15.9 Å². The summed E-state index contributed by atoms with van der Waals surface area (Å²) < 4.78 is 49.5. The first-order valence-corrected chi connectivity index (χ1v) is 9.59. The molecule has 0 aliphatic carbocycles. The summed E-state index contributed by atoms with van der Waals surface area (Å²) in [7, 11) is -4.58. The van der Waals surface area contributed by atoms with Crippen LogP contribution in [-0.2, 0) is 9.84 Å². The van der Waals surface area contributed by atoms with E-state index in [0.29, 0.717) is 12.2 Å². The first-order valence-electron chi connectivity index (χ1n) is 6.92. The number of nitrogens with zero attached hydrogens (tertiary/aromatic N) is 1. The van der Waals surface area contributed by atoms with Gasteiger partial charge in [-0.05, 0) is 37.8 Å². The lowest BCUT2D eigenvalue weighted by atomic mass is 9.99. The van der Waals surface area contributed by atoms with Crippen LogP contribution in [0.4, 0.5) is 14.5 Å². The van der Waals surface area contributed by atoms with Gasteiger partial charge in [0.1, 0.15) is 0 Å². The van der Waals surface area contributed by atoms with E-state index >= 15 is 0 Å². The van der Waals surface area contributed by atoms with Gasteiger partial charge in [0.05, 0.1) is 10.6 Å². The van der Waals surface area contributed by atoms with E-state index in [-0.39, 0.29) is 10.9 Å². The van der Waals surface area contributed by atoms with Crippen LogP contribution in [0, 0.1) is 0 Å². The minimum Gasteiger partial charge on any atom is -0.367 e. The normalized spacial score (nSPS) is 20.0. The molecular weight excluding hydrogens is 364 g/mol. The summed E-state index contributed by atoms with van der Waals surface area (Å²) in [5.41, 5.74) is 0.406. The Morgan fingerprint density at radius 1 is 1.29 bits per heavy atom. The van der Waals surface area contributed by atoms with Gasteiger partial charge in [-0.1, -0.05) is 28.1 Å². The second kappa shape index (κ2) is 7.05. The molecule has 1 atom stereocenters. The van der Waals surface area contributed by atoms with E-state index in [1.165, 1.54) is 12.1 Å². The number of halogens is 3. The third-order valence-electron chi connectivity index (χ3n) is 3.79. The molecule has 0 amide bonds. The quantitative estimate of drug-likeness (QED) is 0.727. The van der Waals surface area contributed by atoms with Crippen molar-refractivity contribution in [3.8, 4) is 0 Å². The second-order valence-electron chi connectivity index (χ2n) is 5.09. The number of rotatable bonds is 5. The molecular formula is C14H18BrF2NO2S. The van der Waals surface area contributed by atoms with Gasteiger partial charge in [0.25, 0.3) is 0 Å². The molecule has 1 aliphatic rings. The van der Waals surface area contributed by atoms with Crippen LogP contribution in [-0.4, -0.2) is 32.1 Å². The number of benzene rings is 1. The average molecular weight is 382 g/mol. The van der Waals surface area contributed by atoms with Crippen molar-refractivity contribution in [2.75, 3.05) is 16.8 Å². The van der Waals surface area contributed by atoms with Gasteiger partial charge < -0.3 is 4.90 Å². The number of anilines is 1. The Bertz CT molecular complexity index is 578. The van der Waals surface area contributed by atoms with Gasteiger partial charge in [0.2, 0.25) is 9.84 Å². The summed E-state index contributed by atoms with van der Waals surface area (Å²) in [6.45, 7) is 0.702. The highest BCUT2D eigenvalue weighted by atomic mass is 79.9. The Labute approximate surface area is 132 Å².